The Hall–Kier alpha value is -1.80. The van der Waals surface area contributed by atoms with Gasteiger partial charge >= 0.3 is 0 Å². The second-order valence-electron chi connectivity index (χ2n) is 5.68. The highest BCUT2D eigenvalue weighted by molar-refractivity contribution is 5.36. The summed E-state index contributed by atoms with van der Waals surface area (Å²) in [5.41, 5.74) is 2.28. The normalized spacial score (nSPS) is 11.4. The minimum absolute atomic E-state index is 0.0279. The maximum Gasteiger partial charge on any atom is 0.127 e. The molecule has 0 heterocycles. The van der Waals surface area contributed by atoms with E-state index < -0.39 is 0 Å². The largest absolute Gasteiger partial charge is 0.457 e. The van der Waals surface area contributed by atoms with Crippen molar-refractivity contribution in [2.45, 2.75) is 32.8 Å². The van der Waals surface area contributed by atoms with Gasteiger partial charge < -0.3 is 9.84 Å². The van der Waals surface area contributed by atoms with Gasteiger partial charge in [0.05, 0.1) is 6.61 Å². The molecule has 2 heteroatoms. The van der Waals surface area contributed by atoms with Crippen LogP contribution in [0.2, 0.25) is 0 Å². The Morgan fingerprint density at radius 2 is 1.63 bits per heavy atom. The van der Waals surface area contributed by atoms with Crippen LogP contribution in [0.4, 0.5) is 0 Å². The Balaban J connectivity index is 2.15. The molecule has 0 aliphatic carbocycles. The third kappa shape index (κ3) is 3.58. The molecule has 2 aromatic carbocycles. The Morgan fingerprint density at radius 3 is 2.21 bits per heavy atom. The lowest BCUT2D eigenvalue weighted by molar-refractivity contribution is 0.281. The van der Waals surface area contributed by atoms with E-state index in [-0.39, 0.29) is 12.0 Å². The fourth-order valence-electron chi connectivity index (χ4n) is 1.87. The van der Waals surface area contributed by atoms with Crippen molar-refractivity contribution < 1.29 is 9.84 Å². The van der Waals surface area contributed by atoms with Gasteiger partial charge in [0.15, 0.2) is 0 Å². The van der Waals surface area contributed by atoms with E-state index in [9.17, 15) is 0 Å². The summed E-state index contributed by atoms with van der Waals surface area (Å²) in [4.78, 5) is 0. The molecule has 0 aliphatic rings. The van der Waals surface area contributed by atoms with Crippen LogP contribution in [-0.4, -0.2) is 5.11 Å². The maximum absolute atomic E-state index is 9.10. The quantitative estimate of drug-likeness (QED) is 0.888. The van der Waals surface area contributed by atoms with Gasteiger partial charge in [0.2, 0.25) is 0 Å². The zero-order valence-electron chi connectivity index (χ0n) is 11.7. The molecule has 0 aliphatic heterocycles. The second-order valence-corrected chi connectivity index (χ2v) is 5.68. The summed E-state index contributed by atoms with van der Waals surface area (Å²) in [6.45, 7) is 6.59. The fourth-order valence-corrected chi connectivity index (χ4v) is 1.87. The highest BCUT2D eigenvalue weighted by Crippen LogP contribution is 2.27. The molecule has 0 fully saturated rings. The Bertz CT molecular complexity index is 536. The maximum atomic E-state index is 9.10. The van der Waals surface area contributed by atoms with Crippen molar-refractivity contribution >= 4 is 0 Å². The van der Waals surface area contributed by atoms with E-state index in [1.165, 1.54) is 5.56 Å². The van der Waals surface area contributed by atoms with E-state index in [1.807, 2.05) is 36.4 Å². The predicted molar refractivity (Wildman–Crippen MR) is 77.6 cm³/mol. The van der Waals surface area contributed by atoms with Crippen molar-refractivity contribution in [2.75, 3.05) is 0 Å². The first kappa shape index (κ1) is 13.6. The lowest BCUT2D eigenvalue weighted by Gasteiger charge is -2.19. The summed E-state index contributed by atoms with van der Waals surface area (Å²) < 4.78 is 5.78. The van der Waals surface area contributed by atoms with Crippen LogP contribution < -0.4 is 4.74 Å². The molecule has 0 bridgehead atoms. The van der Waals surface area contributed by atoms with Crippen LogP contribution in [0.1, 0.15) is 31.9 Å². The second kappa shape index (κ2) is 5.45. The van der Waals surface area contributed by atoms with Crippen molar-refractivity contribution in [1.82, 2.24) is 0 Å². The number of hydrogen-bond acceptors (Lipinski definition) is 2. The molecule has 1 N–H and O–H groups in total. The molecule has 100 valence electrons. The number of rotatable bonds is 3. The first-order valence-corrected chi connectivity index (χ1v) is 6.47. The van der Waals surface area contributed by atoms with E-state index in [0.29, 0.717) is 0 Å². The first-order valence-electron chi connectivity index (χ1n) is 6.47. The van der Waals surface area contributed by atoms with Crippen molar-refractivity contribution in [3.05, 3.63) is 59.7 Å². The number of aliphatic hydroxyl groups is 1. The SMILES string of the molecule is CC(C)(C)c1ccc(Oc2cccc(CO)c2)cc1. The molecular formula is C17H20O2. The van der Waals surface area contributed by atoms with Gasteiger partial charge in [0.25, 0.3) is 0 Å². The topological polar surface area (TPSA) is 29.5 Å². The third-order valence-electron chi connectivity index (χ3n) is 3.04. The molecule has 0 amide bonds. The van der Waals surface area contributed by atoms with Crippen LogP contribution in [0.25, 0.3) is 0 Å². The highest BCUT2D eigenvalue weighted by Gasteiger charge is 2.13. The summed E-state index contributed by atoms with van der Waals surface area (Å²) in [5, 5.41) is 9.10. The van der Waals surface area contributed by atoms with E-state index in [0.717, 1.165) is 17.1 Å². The molecule has 2 nitrogen and oxygen atoms in total. The first-order chi connectivity index (χ1) is 8.99. The van der Waals surface area contributed by atoms with E-state index in [4.69, 9.17) is 9.84 Å². The zero-order valence-corrected chi connectivity index (χ0v) is 11.7. The van der Waals surface area contributed by atoms with Gasteiger partial charge in [-0.1, -0.05) is 45.0 Å². The van der Waals surface area contributed by atoms with Gasteiger partial charge in [-0.2, -0.15) is 0 Å². The molecule has 0 atom stereocenters. The van der Waals surface area contributed by atoms with Gasteiger partial charge in [0, 0.05) is 0 Å². The number of benzene rings is 2. The summed E-state index contributed by atoms with van der Waals surface area (Å²) in [7, 11) is 0. The standard InChI is InChI=1S/C17H20O2/c1-17(2,3)14-7-9-15(10-8-14)19-16-6-4-5-13(11-16)12-18/h4-11,18H,12H2,1-3H3. The smallest absolute Gasteiger partial charge is 0.127 e. The van der Waals surface area contributed by atoms with Crippen LogP contribution >= 0.6 is 0 Å². The van der Waals surface area contributed by atoms with E-state index in [1.54, 1.807) is 0 Å². The van der Waals surface area contributed by atoms with Gasteiger partial charge in [0.1, 0.15) is 11.5 Å². The molecule has 2 aromatic rings. The minimum Gasteiger partial charge on any atom is -0.457 e. The molecule has 0 saturated carbocycles. The third-order valence-corrected chi connectivity index (χ3v) is 3.04. The van der Waals surface area contributed by atoms with Crippen LogP contribution in [-0.2, 0) is 12.0 Å². The van der Waals surface area contributed by atoms with Crippen LogP contribution in [0.5, 0.6) is 11.5 Å². The van der Waals surface area contributed by atoms with Gasteiger partial charge in [-0.05, 0) is 40.8 Å². The average Bonchev–Trinajstić information content (AvgIpc) is 2.38. The Kier molecular flexibility index (Phi) is 3.91. The van der Waals surface area contributed by atoms with Crippen LogP contribution in [0, 0.1) is 0 Å². The van der Waals surface area contributed by atoms with Gasteiger partial charge in [-0.15, -0.1) is 0 Å². The Labute approximate surface area is 114 Å². The van der Waals surface area contributed by atoms with Crippen molar-refractivity contribution in [3.63, 3.8) is 0 Å². The Morgan fingerprint density at radius 1 is 0.947 bits per heavy atom. The number of hydrogen-bond donors (Lipinski definition) is 1. The van der Waals surface area contributed by atoms with Gasteiger partial charge in [-0.3, -0.25) is 0 Å². The molecule has 0 unspecified atom stereocenters. The molecule has 19 heavy (non-hydrogen) atoms. The lowest BCUT2D eigenvalue weighted by Crippen LogP contribution is -2.10. The fraction of sp³-hybridized carbons (Fsp3) is 0.294. The summed E-state index contributed by atoms with van der Waals surface area (Å²) in [6, 6.07) is 15.6. The van der Waals surface area contributed by atoms with Crippen LogP contribution in [0.15, 0.2) is 48.5 Å². The van der Waals surface area contributed by atoms with E-state index in [2.05, 4.69) is 32.9 Å². The molecule has 0 aromatic heterocycles. The molecule has 0 spiro atoms. The molecule has 0 radical (unpaired) electrons. The van der Waals surface area contributed by atoms with Crippen molar-refractivity contribution in [2.24, 2.45) is 0 Å². The number of aliphatic hydroxyl groups excluding tert-OH is 1. The number of ether oxygens (including phenoxy) is 1. The molecule has 2 rings (SSSR count). The van der Waals surface area contributed by atoms with Gasteiger partial charge in [-0.25, -0.2) is 0 Å². The van der Waals surface area contributed by atoms with Crippen LogP contribution in [0.3, 0.4) is 0 Å². The average molecular weight is 256 g/mol. The molecular weight excluding hydrogens is 236 g/mol. The zero-order chi connectivity index (χ0) is 13.9. The monoisotopic (exact) mass is 256 g/mol. The summed E-state index contributed by atoms with van der Waals surface area (Å²) >= 11 is 0. The lowest BCUT2D eigenvalue weighted by atomic mass is 9.87. The van der Waals surface area contributed by atoms with Crippen molar-refractivity contribution in [3.8, 4) is 11.5 Å². The predicted octanol–water partition coefficient (Wildman–Crippen LogP) is 4.27. The molecule has 0 saturated heterocycles. The highest BCUT2D eigenvalue weighted by atomic mass is 16.5. The summed E-state index contributed by atoms with van der Waals surface area (Å²) in [6.07, 6.45) is 0. The minimum atomic E-state index is 0.0279. The van der Waals surface area contributed by atoms with Crippen molar-refractivity contribution in [1.29, 1.82) is 0 Å². The summed E-state index contributed by atoms with van der Waals surface area (Å²) in [5.74, 6) is 1.55. The van der Waals surface area contributed by atoms with E-state index >= 15 is 0 Å².